The molecule has 3 nitrogen and oxygen atoms in total. The smallest absolute Gasteiger partial charge is 0.244 e. The van der Waals surface area contributed by atoms with Gasteiger partial charge in [-0.2, -0.15) is 0 Å². The van der Waals surface area contributed by atoms with E-state index in [2.05, 4.69) is 5.32 Å². The first-order valence-electron chi connectivity index (χ1n) is 3.93. The normalized spacial score (nSPS) is 10.5. The lowest BCUT2D eigenvalue weighted by Gasteiger charge is -1.95. The zero-order valence-corrected chi connectivity index (χ0v) is 7.88. The van der Waals surface area contributed by atoms with Gasteiger partial charge in [-0.05, 0) is 17.5 Å². The number of aliphatic hydroxyl groups excluding tert-OH is 1. The molecule has 13 heavy (non-hydrogen) atoms. The number of rotatable bonds is 4. The Kier molecular flexibility index (Phi) is 4.21. The van der Waals surface area contributed by atoms with Crippen molar-refractivity contribution in [3.63, 3.8) is 0 Å². The van der Waals surface area contributed by atoms with E-state index in [4.69, 9.17) is 5.11 Å². The molecule has 0 aliphatic carbocycles. The predicted molar refractivity (Wildman–Crippen MR) is 53.4 cm³/mol. The molecule has 0 radical (unpaired) electrons. The molecule has 0 aliphatic heterocycles. The minimum absolute atomic E-state index is 0.0292. The molecule has 70 valence electrons. The third-order valence-electron chi connectivity index (χ3n) is 1.35. The van der Waals surface area contributed by atoms with Crippen molar-refractivity contribution in [2.45, 2.75) is 0 Å². The van der Waals surface area contributed by atoms with Crippen molar-refractivity contribution in [3.05, 3.63) is 28.5 Å². The second-order valence-corrected chi connectivity index (χ2v) is 3.34. The van der Waals surface area contributed by atoms with Crippen LogP contribution in [0, 0.1) is 0 Å². The Morgan fingerprint density at radius 1 is 1.69 bits per heavy atom. The molecule has 2 N–H and O–H groups in total. The zero-order chi connectivity index (χ0) is 9.52. The summed E-state index contributed by atoms with van der Waals surface area (Å²) in [4.78, 5) is 12.0. The number of carbonyl (C=O) groups is 1. The standard InChI is InChI=1S/C9H11NO2S/c11-6-5-10-9(12)4-3-8-2-1-7-13-8/h1-4,7,11H,5-6H2,(H,10,12). The average molecular weight is 197 g/mol. The van der Waals surface area contributed by atoms with Gasteiger partial charge in [-0.15, -0.1) is 11.3 Å². The molecule has 0 atom stereocenters. The monoisotopic (exact) mass is 197 g/mol. The van der Waals surface area contributed by atoms with Crippen molar-refractivity contribution >= 4 is 23.3 Å². The van der Waals surface area contributed by atoms with Gasteiger partial charge in [-0.3, -0.25) is 4.79 Å². The number of hydrogen-bond donors (Lipinski definition) is 2. The Balaban J connectivity index is 2.35. The molecule has 1 heterocycles. The first-order chi connectivity index (χ1) is 6.33. The maximum Gasteiger partial charge on any atom is 0.244 e. The number of amides is 1. The summed E-state index contributed by atoms with van der Waals surface area (Å²) in [6.45, 7) is 0.270. The third kappa shape index (κ3) is 3.87. The van der Waals surface area contributed by atoms with Crippen LogP contribution in [0.25, 0.3) is 6.08 Å². The van der Waals surface area contributed by atoms with Crippen molar-refractivity contribution < 1.29 is 9.90 Å². The van der Waals surface area contributed by atoms with Crippen LogP contribution in [0.4, 0.5) is 0 Å². The minimum atomic E-state index is -0.178. The fourth-order valence-electron chi connectivity index (χ4n) is 0.782. The second-order valence-electron chi connectivity index (χ2n) is 2.36. The Hall–Kier alpha value is -1.13. The van der Waals surface area contributed by atoms with Gasteiger partial charge in [-0.25, -0.2) is 0 Å². The number of thiophene rings is 1. The van der Waals surface area contributed by atoms with Crippen LogP contribution in [-0.2, 0) is 4.79 Å². The molecule has 1 amide bonds. The Labute approximate surface area is 80.7 Å². The highest BCUT2D eigenvalue weighted by molar-refractivity contribution is 7.10. The third-order valence-corrected chi connectivity index (χ3v) is 2.19. The first-order valence-corrected chi connectivity index (χ1v) is 4.81. The van der Waals surface area contributed by atoms with Crippen LogP contribution in [0.3, 0.4) is 0 Å². The van der Waals surface area contributed by atoms with Gasteiger partial charge in [0.25, 0.3) is 0 Å². The van der Waals surface area contributed by atoms with Crippen molar-refractivity contribution in [1.29, 1.82) is 0 Å². The predicted octanol–water partition coefficient (Wildman–Crippen LogP) is 0.870. The molecule has 0 saturated heterocycles. The fourth-order valence-corrected chi connectivity index (χ4v) is 1.40. The molecule has 0 fully saturated rings. The van der Waals surface area contributed by atoms with E-state index in [9.17, 15) is 4.79 Å². The van der Waals surface area contributed by atoms with E-state index in [1.54, 1.807) is 17.4 Å². The van der Waals surface area contributed by atoms with E-state index in [1.165, 1.54) is 6.08 Å². The number of aliphatic hydroxyl groups is 1. The lowest BCUT2D eigenvalue weighted by Crippen LogP contribution is -2.24. The summed E-state index contributed by atoms with van der Waals surface area (Å²) in [6.07, 6.45) is 3.21. The van der Waals surface area contributed by atoms with Crippen LogP contribution in [0.1, 0.15) is 4.88 Å². The molecule has 0 bridgehead atoms. The lowest BCUT2D eigenvalue weighted by molar-refractivity contribution is -0.116. The van der Waals surface area contributed by atoms with Crippen molar-refractivity contribution in [1.82, 2.24) is 5.32 Å². The molecule has 0 saturated carbocycles. The van der Waals surface area contributed by atoms with E-state index >= 15 is 0 Å². The Bertz CT molecular complexity index is 280. The summed E-state index contributed by atoms with van der Waals surface area (Å²) in [5.41, 5.74) is 0. The van der Waals surface area contributed by atoms with Crippen molar-refractivity contribution in [2.24, 2.45) is 0 Å². The first kappa shape index (κ1) is 9.95. The van der Waals surface area contributed by atoms with Gasteiger partial charge in [0.15, 0.2) is 0 Å². The topological polar surface area (TPSA) is 49.3 Å². The largest absolute Gasteiger partial charge is 0.395 e. The highest BCUT2D eigenvalue weighted by atomic mass is 32.1. The molecule has 1 aromatic heterocycles. The van der Waals surface area contributed by atoms with Crippen LogP contribution < -0.4 is 5.32 Å². The summed E-state index contributed by atoms with van der Waals surface area (Å²) < 4.78 is 0. The van der Waals surface area contributed by atoms with Gasteiger partial charge in [0, 0.05) is 17.5 Å². The molecular formula is C9H11NO2S. The Morgan fingerprint density at radius 2 is 2.54 bits per heavy atom. The van der Waals surface area contributed by atoms with Crippen LogP contribution in [0.2, 0.25) is 0 Å². The van der Waals surface area contributed by atoms with Crippen LogP contribution >= 0.6 is 11.3 Å². The van der Waals surface area contributed by atoms with Gasteiger partial charge in [-0.1, -0.05) is 6.07 Å². The maximum absolute atomic E-state index is 11.0. The van der Waals surface area contributed by atoms with E-state index in [0.717, 1.165) is 4.88 Å². The van der Waals surface area contributed by atoms with Gasteiger partial charge in [0.1, 0.15) is 0 Å². The number of nitrogens with one attached hydrogen (secondary N) is 1. The highest BCUT2D eigenvalue weighted by Gasteiger charge is 1.92. The average Bonchev–Trinajstić information content (AvgIpc) is 2.64. The summed E-state index contributed by atoms with van der Waals surface area (Å²) >= 11 is 1.57. The van der Waals surface area contributed by atoms with E-state index in [1.807, 2.05) is 17.5 Å². The Morgan fingerprint density at radius 3 is 3.15 bits per heavy atom. The van der Waals surface area contributed by atoms with Crippen LogP contribution in [0.5, 0.6) is 0 Å². The SMILES string of the molecule is O=C(C=Cc1cccs1)NCCO. The molecule has 0 spiro atoms. The molecule has 0 unspecified atom stereocenters. The van der Waals surface area contributed by atoms with Crippen molar-refractivity contribution in [3.8, 4) is 0 Å². The molecular weight excluding hydrogens is 186 g/mol. The van der Waals surface area contributed by atoms with Gasteiger partial charge in [0.2, 0.25) is 5.91 Å². The van der Waals surface area contributed by atoms with Gasteiger partial charge < -0.3 is 10.4 Å². The molecule has 0 aromatic carbocycles. The summed E-state index contributed by atoms with van der Waals surface area (Å²) in [6, 6.07) is 3.86. The minimum Gasteiger partial charge on any atom is -0.395 e. The molecule has 1 rings (SSSR count). The van der Waals surface area contributed by atoms with Gasteiger partial charge in [0.05, 0.1) is 6.61 Å². The van der Waals surface area contributed by atoms with Crippen LogP contribution in [-0.4, -0.2) is 24.2 Å². The molecule has 1 aromatic rings. The summed E-state index contributed by atoms with van der Waals surface area (Å²) in [5.74, 6) is -0.178. The maximum atomic E-state index is 11.0. The summed E-state index contributed by atoms with van der Waals surface area (Å²) in [7, 11) is 0. The summed E-state index contributed by atoms with van der Waals surface area (Å²) in [5, 5.41) is 12.9. The zero-order valence-electron chi connectivity index (χ0n) is 7.06. The van der Waals surface area contributed by atoms with E-state index < -0.39 is 0 Å². The highest BCUT2D eigenvalue weighted by Crippen LogP contribution is 2.09. The van der Waals surface area contributed by atoms with Gasteiger partial charge >= 0.3 is 0 Å². The second kappa shape index (κ2) is 5.50. The number of hydrogen-bond acceptors (Lipinski definition) is 3. The quantitative estimate of drug-likeness (QED) is 0.704. The fraction of sp³-hybridized carbons (Fsp3) is 0.222. The van der Waals surface area contributed by atoms with E-state index in [-0.39, 0.29) is 12.5 Å². The molecule has 0 aliphatic rings. The van der Waals surface area contributed by atoms with Crippen LogP contribution in [0.15, 0.2) is 23.6 Å². The lowest BCUT2D eigenvalue weighted by atomic mass is 10.4. The van der Waals surface area contributed by atoms with E-state index in [0.29, 0.717) is 6.54 Å². The van der Waals surface area contributed by atoms with Crippen molar-refractivity contribution in [2.75, 3.05) is 13.2 Å². The number of carbonyl (C=O) groups excluding carboxylic acids is 1. The molecule has 4 heteroatoms.